The Morgan fingerprint density at radius 3 is 2.55 bits per heavy atom. The number of carbonyl (C=O) groups excluding carboxylic acids is 2. The number of thiophene rings is 1. The predicted molar refractivity (Wildman–Crippen MR) is 123 cm³/mol. The largest absolute Gasteiger partial charge is 0.320 e. The third-order valence-corrected chi connectivity index (χ3v) is 6.13. The van der Waals surface area contributed by atoms with Crippen LogP contribution >= 0.6 is 11.3 Å². The molecule has 0 radical (unpaired) electrons. The van der Waals surface area contributed by atoms with Crippen molar-refractivity contribution < 1.29 is 9.59 Å². The summed E-state index contributed by atoms with van der Waals surface area (Å²) >= 11 is 1.54. The van der Waals surface area contributed by atoms with Crippen LogP contribution in [0.5, 0.6) is 0 Å². The number of benzene rings is 2. The zero-order chi connectivity index (χ0) is 21.2. The van der Waals surface area contributed by atoms with Crippen LogP contribution in [-0.4, -0.2) is 28.1 Å². The van der Waals surface area contributed by atoms with Crippen LogP contribution in [0.15, 0.2) is 78.3 Å². The van der Waals surface area contributed by atoms with Crippen LogP contribution < -0.4 is 10.2 Å². The van der Waals surface area contributed by atoms with Gasteiger partial charge < -0.3 is 10.2 Å². The van der Waals surface area contributed by atoms with Gasteiger partial charge in [-0.3, -0.25) is 9.59 Å². The predicted octanol–water partition coefficient (Wildman–Crippen LogP) is 4.98. The average Bonchev–Trinajstić information content (AvgIpc) is 3.55. The summed E-state index contributed by atoms with van der Waals surface area (Å²) in [6, 6.07) is 21.0. The zero-order valence-electron chi connectivity index (χ0n) is 16.7. The number of aromatic nitrogens is 2. The van der Waals surface area contributed by atoms with Crippen LogP contribution in [0.25, 0.3) is 16.3 Å². The van der Waals surface area contributed by atoms with Crippen molar-refractivity contribution >= 4 is 34.5 Å². The van der Waals surface area contributed by atoms with E-state index in [0.717, 1.165) is 22.7 Å². The number of rotatable bonds is 5. The monoisotopic (exact) mass is 428 g/mol. The number of para-hydroxylation sites is 3. The van der Waals surface area contributed by atoms with E-state index in [2.05, 4.69) is 5.32 Å². The summed E-state index contributed by atoms with van der Waals surface area (Å²) < 4.78 is 1.72. The lowest BCUT2D eigenvalue weighted by atomic mass is 10.2. The summed E-state index contributed by atoms with van der Waals surface area (Å²) in [5.74, 6) is -0.178. The fourth-order valence-corrected chi connectivity index (χ4v) is 4.48. The van der Waals surface area contributed by atoms with Crippen molar-refractivity contribution in [2.75, 3.05) is 16.8 Å². The second-order valence-corrected chi connectivity index (χ2v) is 8.22. The lowest BCUT2D eigenvalue weighted by molar-refractivity contribution is -0.117. The molecule has 7 heteroatoms. The Bertz CT molecular complexity index is 1230. The molecule has 154 valence electrons. The maximum atomic E-state index is 13.4. The fourth-order valence-electron chi connectivity index (χ4n) is 3.76. The maximum absolute atomic E-state index is 13.4. The van der Waals surface area contributed by atoms with Crippen molar-refractivity contribution in [3.05, 3.63) is 83.9 Å². The Balaban J connectivity index is 1.52. The number of amides is 2. The first-order valence-corrected chi connectivity index (χ1v) is 11.0. The molecule has 0 atom stereocenters. The van der Waals surface area contributed by atoms with Gasteiger partial charge in [-0.05, 0) is 42.1 Å². The van der Waals surface area contributed by atoms with Gasteiger partial charge in [0.15, 0.2) is 0 Å². The van der Waals surface area contributed by atoms with Gasteiger partial charge in [0.25, 0.3) is 5.91 Å². The van der Waals surface area contributed by atoms with Crippen LogP contribution in [0.2, 0.25) is 0 Å². The van der Waals surface area contributed by atoms with E-state index in [0.29, 0.717) is 29.9 Å². The van der Waals surface area contributed by atoms with Gasteiger partial charge in [-0.2, -0.15) is 5.10 Å². The maximum Gasteiger partial charge on any atom is 0.259 e. The Labute approximate surface area is 183 Å². The second kappa shape index (κ2) is 8.20. The Morgan fingerprint density at radius 1 is 1.00 bits per heavy atom. The molecule has 2 amide bonds. The zero-order valence-corrected chi connectivity index (χ0v) is 17.5. The molecule has 0 aliphatic carbocycles. The number of carbonyl (C=O) groups is 2. The van der Waals surface area contributed by atoms with Gasteiger partial charge in [-0.1, -0.05) is 36.4 Å². The molecule has 5 rings (SSSR count). The van der Waals surface area contributed by atoms with E-state index in [1.807, 2.05) is 72.1 Å². The SMILES string of the molecule is O=C(Nc1ccccc1N1CCCC1=O)c1cn(-c2ccccc2)nc1-c1cccs1. The van der Waals surface area contributed by atoms with Crippen molar-refractivity contribution in [1.29, 1.82) is 0 Å². The fraction of sp³-hybridized carbons (Fsp3) is 0.125. The summed E-state index contributed by atoms with van der Waals surface area (Å²) in [5, 5.41) is 9.67. The highest BCUT2D eigenvalue weighted by Gasteiger charge is 2.25. The first kappa shape index (κ1) is 19.3. The van der Waals surface area contributed by atoms with Crippen molar-refractivity contribution in [2.24, 2.45) is 0 Å². The van der Waals surface area contributed by atoms with Crippen molar-refractivity contribution in [3.8, 4) is 16.3 Å². The van der Waals surface area contributed by atoms with Gasteiger partial charge in [0.05, 0.1) is 27.5 Å². The van der Waals surface area contributed by atoms with Crippen LogP contribution in [0, 0.1) is 0 Å². The smallest absolute Gasteiger partial charge is 0.259 e. The van der Waals surface area contributed by atoms with Gasteiger partial charge in [-0.15, -0.1) is 11.3 Å². The molecule has 1 N–H and O–H groups in total. The van der Waals surface area contributed by atoms with E-state index >= 15 is 0 Å². The minimum Gasteiger partial charge on any atom is -0.320 e. The third-order valence-electron chi connectivity index (χ3n) is 5.25. The van der Waals surface area contributed by atoms with Crippen LogP contribution in [0.3, 0.4) is 0 Å². The van der Waals surface area contributed by atoms with E-state index in [4.69, 9.17) is 5.10 Å². The Morgan fingerprint density at radius 2 is 1.81 bits per heavy atom. The summed E-state index contributed by atoms with van der Waals surface area (Å²) in [5.41, 5.74) is 3.33. The number of hydrogen-bond donors (Lipinski definition) is 1. The number of nitrogens with one attached hydrogen (secondary N) is 1. The molecule has 1 fully saturated rings. The molecule has 1 saturated heterocycles. The topological polar surface area (TPSA) is 67.2 Å². The van der Waals surface area contributed by atoms with Gasteiger partial charge in [0.1, 0.15) is 5.69 Å². The molecule has 0 saturated carbocycles. The summed E-state index contributed by atoms with van der Waals surface area (Å²) in [7, 11) is 0. The van der Waals surface area contributed by atoms with Crippen LogP contribution in [0.1, 0.15) is 23.2 Å². The van der Waals surface area contributed by atoms with Crippen LogP contribution in [0.4, 0.5) is 11.4 Å². The average molecular weight is 429 g/mol. The summed E-state index contributed by atoms with van der Waals surface area (Å²) in [4.78, 5) is 28.3. The lowest BCUT2D eigenvalue weighted by Gasteiger charge is -2.19. The van der Waals surface area contributed by atoms with E-state index in [-0.39, 0.29) is 11.8 Å². The van der Waals surface area contributed by atoms with Crippen LogP contribution in [-0.2, 0) is 4.79 Å². The highest BCUT2D eigenvalue weighted by Crippen LogP contribution is 2.32. The van der Waals surface area contributed by atoms with Gasteiger partial charge in [0, 0.05) is 19.2 Å². The molecule has 2 aromatic heterocycles. The molecule has 1 aliphatic heterocycles. The standard InChI is InChI=1S/C24H20N4O2S/c29-22-13-6-14-27(22)20-11-5-4-10-19(20)25-24(30)18-16-28(17-8-2-1-3-9-17)26-23(18)21-12-7-15-31-21/h1-5,7-12,15-16H,6,13-14H2,(H,25,30). The molecule has 0 spiro atoms. The van der Waals surface area contributed by atoms with E-state index in [9.17, 15) is 9.59 Å². The molecule has 31 heavy (non-hydrogen) atoms. The van der Waals surface area contributed by atoms with Gasteiger partial charge >= 0.3 is 0 Å². The normalized spacial score (nSPS) is 13.5. The molecule has 4 aromatic rings. The number of anilines is 2. The molecule has 0 unspecified atom stereocenters. The minimum absolute atomic E-state index is 0.0814. The van der Waals surface area contributed by atoms with E-state index in [1.54, 1.807) is 15.8 Å². The molecular formula is C24H20N4O2S. The quantitative estimate of drug-likeness (QED) is 0.487. The molecular weight excluding hydrogens is 408 g/mol. The van der Waals surface area contributed by atoms with Gasteiger partial charge in [-0.25, -0.2) is 4.68 Å². The van der Waals surface area contributed by atoms with Crippen molar-refractivity contribution in [3.63, 3.8) is 0 Å². The first-order chi connectivity index (χ1) is 15.2. The highest BCUT2D eigenvalue weighted by molar-refractivity contribution is 7.13. The van der Waals surface area contributed by atoms with E-state index < -0.39 is 0 Å². The highest BCUT2D eigenvalue weighted by atomic mass is 32.1. The molecule has 0 bridgehead atoms. The third kappa shape index (κ3) is 3.75. The van der Waals surface area contributed by atoms with Crippen molar-refractivity contribution in [2.45, 2.75) is 12.8 Å². The van der Waals surface area contributed by atoms with Crippen molar-refractivity contribution in [1.82, 2.24) is 9.78 Å². The van der Waals surface area contributed by atoms with E-state index in [1.165, 1.54) is 11.3 Å². The summed E-state index contributed by atoms with van der Waals surface area (Å²) in [6.07, 6.45) is 3.12. The minimum atomic E-state index is -0.260. The molecule has 6 nitrogen and oxygen atoms in total. The molecule has 1 aliphatic rings. The first-order valence-electron chi connectivity index (χ1n) is 10.1. The Kier molecular flexibility index (Phi) is 5.09. The molecule has 3 heterocycles. The number of nitrogens with zero attached hydrogens (tertiary/aromatic N) is 3. The molecule has 2 aromatic carbocycles. The summed E-state index contributed by atoms with van der Waals surface area (Å²) in [6.45, 7) is 0.665. The lowest BCUT2D eigenvalue weighted by Crippen LogP contribution is -2.25. The van der Waals surface area contributed by atoms with Gasteiger partial charge in [0.2, 0.25) is 5.91 Å². The second-order valence-electron chi connectivity index (χ2n) is 7.27. The Hall–Kier alpha value is -3.71. The number of hydrogen-bond acceptors (Lipinski definition) is 4.